The third-order valence-electron chi connectivity index (χ3n) is 4.24. The minimum Gasteiger partial charge on any atom is -0.144 e. The van der Waals surface area contributed by atoms with Gasteiger partial charge in [-0.15, -0.1) is 45.3 Å². The molecule has 0 aliphatic heterocycles. The van der Waals surface area contributed by atoms with Gasteiger partial charge in [-0.2, -0.15) is 0 Å². The van der Waals surface area contributed by atoms with Crippen LogP contribution < -0.4 is 0 Å². The molecule has 0 saturated carbocycles. The smallest absolute Gasteiger partial charge is 0.0529 e. The highest BCUT2D eigenvalue weighted by Crippen LogP contribution is 2.44. The van der Waals surface area contributed by atoms with Gasteiger partial charge in [0.2, 0.25) is 0 Å². The zero-order valence-electron chi connectivity index (χ0n) is 11.3. The van der Waals surface area contributed by atoms with Gasteiger partial charge < -0.3 is 0 Å². The molecule has 4 heteroatoms. The first-order valence-corrected chi connectivity index (χ1v) is 10.4. The fraction of sp³-hybridized carbons (Fsp3) is 0. The maximum absolute atomic E-state index is 2.41. The highest BCUT2D eigenvalue weighted by atomic mass is 32.1. The average Bonchev–Trinajstić information content (AvgIpc) is 3.24. The molecule has 6 rings (SSSR count). The second-order valence-electron chi connectivity index (χ2n) is 5.47. The summed E-state index contributed by atoms with van der Waals surface area (Å²) in [6, 6.07) is 14.0. The molecule has 0 spiro atoms. The van der Waals surface area contributed by atoms with E-state index in [2.05, 4.69) is 47.2 Å². The van der Waals surface area contributed by atoms with Crippen LogP contribution in [0.4, 0.5) is 0 Å². The van der Waals surface area contributed by atoms with Gasteiger partial charge in [-0.3, -0.25) is 0 Å². The van der Waals surface area contributed by atoms with Gasteiger partial charge in [0.15, 0.2) is 0 Å². The van der Waals surface area contributed by atoms with Crippen molar-refractivity contribution in [1.29, 1.82) is 0 Å². The fourth-order valence-electron chi connectivity index (χ4n) is 3.21. The van der Waals surface area contributed by atoms with Gasteiger partial charge in [-0.25, -0.2) is 0 Å². The molecular weight excluding hydrogens is 344 g/mol. The second-order valence-corrected chi connectivity index (χ2v) is 9.50. The van der Waals surface area contributed by atoms with Crippen LogP contribution in [0.2, 0.25) is 0 Å². The van der Waals surface area contributed by atoms with Crippen LogP contribution in [0.15, 0.2) is 47.2 Å². The maximum atomic E-state index is 2.41. The van der Waals surface area contributed by atoms with Crippen molar-refractivity contribution in [2.75, 3.05) is 0 Å². The molecule has 4 aromatic heterocycles. The van der Waals surface area contributed by atoms with Gasteiger partial charge >= 0.3 is 0 Å². The Morgan fingerprint density at radius 1 is 0.545 bits per heavy atom. The molecule has 0 aliphatic rings. The quantitative estimate of drug-likeness (QED) is 0.263. The number of fused-ring (bicyclic) bond motifs is 7. The van der Waals surface area contributed by atoms with Crippen LogP contribution >= 0.6 is 45.3 Å². The minimum atomic E-state index is 1.37. The summed E-state index contributed by atoms with van der Waals surface area (Å²) in [6.45, 7) is 0. The van der Waals surface area contributed by atoms with Crippen molar-refractivity contribution in [3.63, 3.8) is 0 Å². The summed E-state index contributed by atoms with van der Waals surface area (Å²) in [5, 5.41) is 10.00. The van der Waals surface area contributed by atoms with Gasteiger partial charge in [0.1, 0.15) is 0 Å². The van der Waals surface area contributed by atoms with Crippen molar-refractivity contribution in [2.24, 2.45) is 0 Å². The van der Waals surface area contributed by atoms with Crippen molar-refractivity contribution < 1.29 is 0 Å². The Kier molecular flexibility index (Phi) is 2.23. The number of hydrogen-bond acceptors (Lipinski definition) is 4. The number of benzene rings is 2. The summed E-state index contributed by atoms with van der Waals surface area (Å²) in [7, 11) is 0. The zero-order chi connectivity index (χ0) is 14.3. The van der Waals surface area contributed by atoms with E-state index in [-0.39, 0.29) is 0 Å². The predicted molar refractivity (Wildman–Crippen MR) is 105 cm³/mol. The molecule has 0 unspecified atom stereocenters. The van der Waals surface area contributed by atoms with E-state index < -0.39 is 0 Å². The van der Waals surface area contributed by atoms with Gasteiger partial charge in [-0.05, 0) is 52.5 Å². The van der Waals surface area contributed by atoms with Crippen molar-refractivity contribution in [1.82, 2.24) is 0 Å². The highest BCUT2D eigenvalue weighted by Gasteiger charge is 2.12. The Hall–Kier alpha value is -1.46. The van der Waals surface area contributed by atoms with Crippen molar-refractivity contribution in [3.05, 3.63) is 47.2 Å². The third kappa shape index (κ3) is 1.46. The molecule has 104 valence electrons. The SMILES string of the molecule is c1cc2cc3sc4cc5sc6ccsc6c5cc4c3cc2s1. The van der Waals surface area contributed by atoms with Gasteiger partial charge in [0.25, 0.3) is 0 Å². The Morgan fingerprint density at radius 3 is 2.32 bits per heavy atom. The van der Waals surface area contributed by atoms with Gasteiger partial charge in [0, 0.05) is 39.7 Å². The molecule has 0 saturated heterocycles. The molecule has 0 N–H and O–H groups in total. The molecule has 6 aromatic rings. The molecule has 0 aliphatic carbocycles. The van der Waals surface area contributed by atoms with E-state index in [4.69, 9.17) is 0 Å². The zero-order valence-corrected chi connectivity index (χ0v) is 14.5. The summed E-state index contributed by atoms with van der Waals surface area (Å²) in [4.78, 5) is 0. The first-order chi connectivity index (χ1) is 10.9. The highest BCUT2D eigenvalue weighted by molar-refractivity contribution is 7.32. The Balaban J connectivity index is 1.87. The lowest BCUT2D eigenvalue weighted by atomic mass is 10.1. The van der Waals surface area contributed by atoms with Crippen molar-refractivity contribution in [3.8, 4) is 0 Å². The first-order valence-electron chi connectivity index (χ1n) is 7.00. The standard InChI is InChI=1S/C18H8S4/c1-3-19-14-7-11-10-6-12-17(21-13-2-4-20-18(12)13)8-16(10)22-15(11)5-9(1)14/h1-8H. The summed E-state index contributed by atoms with van der Waals surface area (Å²) in [5.41, 5.74) is 0. The Bertz CT molecular complexity index is 1320. The number of rotatable bonds is 0. The third-order valence-corrected chi connectivity index (χ3v) is 8.43. The summed E-state index contributed by atoms with van der Waals surface area (Å²) >= 11 is 7.53. The lowest BCUT2D eigenvalue weighted by Gasteiger charge is -1.94. The molecule has 0 amide bonds. The normalized spacial score (nSPS) is 12.5. The molecule has 0 fully saturated rings. The summed E-state index contributed by atoms with van der Waals surface area (Å²) in [5.74, 6) is 0. The van der Waals surface area contributed by atoms with Crippen LogP contribution in [0.3, 0.4) is 0 Å². The summed E-state index contributed by atoms with van der Waals surface area (Å²) in [6.07, 6.45) is 0. The van der Waals surface area contributed by atoms with E-state index in [1.165, 1.54) is 49.7 Å². The molecule has 0 bridgehead atoms. The van der Waals surface area contributed by atoms with E-state index in [0.717, 1.165) is 0 Å². The molecule has 2 aromatic carbocycles. The minimum absolute atomic E-state index is 1.37. The lowest BCUT2D eigenvalue weighted by molar-refractivity contribution is 2.05. The number of hydrogen-bond donors (Lipinski definition) is 0. The van der Waals surface area contributed by atoms with Gasteiger partial charge in [-0.1, -0.05) is 0 Å². The van der Waals surface area contributed by atoms with Crippen LogP contribution in [0.5, 0.6) is 0 Å². The largest absolute Gasteiger partial charge is 0.144 e. The Morgan fingerprint density at radius 2 is 1.32 bits per heavy atom. The molecule has 0 atom stereocenters. The van der Waals surface area contributed by atoms with Crippen LogP contribution in [0.25, 0.3) is 49.7 Å². The predicted octanol–water partition coefficient (Wildman–Crippen LogP) is 7.70. The van der Waals surface area contributed by atoms with Crippen LogP contribution in [0, 0.1) is 0 Å². The lowest BCUT2D eigenvalue weighted by Crippen LogP contribution is -1.67. The molecule has 22 heavy (non-hydrogen) atoms. The van der Waals surface area contributed by atoms with E-state index in [9.17, 15) is 0 Å². The van der Waals surface area contributed by atoms with Crippen molar-refractivity contribution in [2.45, 2.75) is 0 Å². The van der Waals surface area contributed by atoms with Crippen molar-refractivity contribution >= 4 is 95.1 Å². The number of thiophene rings is 4. The monoisotopic (exact) mass is 352 g/mol. The van der Waals surface area contributed by atoms with Crippen LogP contribution in [-0.2, 0) is 0 Å². The molecule has 0 nitrogen and oxygen atoms in total. The van der Waals surface area contributed by atoms with E-state index in [0.29, 0.717) is 0 Å². The van der Waals surface area contributed by atoms with E-state index >= 15 is 0 Å². The topological polar surface area (TPSA) is 0 Å². The van der Waals surface area contributed by atoms with Gasteiger partial charge in [0.05, 0.1) is 4.70 Å². The molecule has 4 heterocycles. The van der Waals surface area contributed by atoms with Crippen LogP contribution in [0.1, 0.15) is 0 Å². The fourth-order valence-corrected chi connectivity index (χ4v) is 7.52. The molecular formula is C18H8S4. The Labute approximate surface area is 141 Å². The second kappa shape index (κ2) is 4.09. The average molecular weight is 353 g/mol. The summed E-state index contributed by atoms with van der Waals surface area (Å²) < 4.78 is 8.48. The molecule has 0 radical (unpaired) electrons. The van der Waals surface area contributed by atoms with E-state index in [1.54, 1.807) is 0 Å². The van der Waals surface area contributed by atoms with Crippen LogP contribution in [-0.4, -0.2) is 0 Å². The van der Waals surface area contributed by atoms with E-state index in [1.807, 2.05) is 45.3 Å². The maximum Gasteiger partial charge on any atom is 0.0529 e. The first kappa shape index (κ1) is 12.0.